The van der Waals surface area contributed by atoms with Gasteiger partial charge in [0.1, 0.15) is 5.56 Å². The third-order valence-corrected chi connectivity index (χ3v) is 5.47. The molecule has 0 N–H and O–H groups in total. The van der Waals surface area contributed by atoms with E-state index in [2.05, 4.69) is 0 Å². The molecule has 0 bridgehead atoms. The third kappa shape index (κ3) is 3.43. The molecule has 1 amide bonds. The van der Waals surface area contributed by atoms with Crippen LogP contribution < -0.4 is 14.9 Å². The van der Waals surface area contributed by atoms with E-state index >= 15 is 0 Å². The van der Waals surface area contributed by atoms with Crippen LogP contribution in [0.25, 0.3) is 10.9 Å². The Morgan fingerprint density at radius 3 is 2.69 bits per heavy atom. The zero-order valence-electron chi connectivity index (χ0n) is 16.6. The number of esters is 1. The van der Waals surface area contributed by atoms with Gasteiger partial charge in [0.05, 0.1) is 23.4 Å². The molecule has 0 aliphatic carbocycles. The lowest BCUT2D eigenvalue weighted by molar-refractivity contribution is -0.149. The fourth-order valence-electron chi connectivity index (χ4n) is 3.98. The second kappa shape index (κ2) is 7.77. The van der Waals surface area contributed by atoms with Gasteiger partial charge in [-0.1, -0.05) is 0 Å². The normalized spacial score (nSPS) is 18.1. The second-order valence-electron chi connectivity index (χ2n) is 7.22. The molecule has 0 spiro atoms. The quantitative estimate of drug-likeness (QED) is 0.731. The monoisotopic (exact) mass is 400 g/mol. The highest BCUT2D eigenvalue weighted by atomic mass is 16.7. The number of carbonyl (C=O) groups is 2. The van der Waals surface area contributed by atoms with Gasteiger partial charge in [0.25, 0.3) is 5.91 Å². The zero-order chi connectivity index (χ0) is 20.5. The largest absolute Gasteiger partial charge is 0.466 e. The maximum Gasteiger partial charge on any atom is 0.310 e. The summed E-state index contributed by atoms with van der Waals surface area (Å²) in [5, 5.41) is 0.418. The molecule has 8 heteroatoms. The number of likely N-dealkylation sites (tertiary alicyclic amines) is 1. The summed E-state index contributed by atoms with van der Waals surface area (Å²) >= 11 is 0. The summed E-state index contributed by atoms with van der Waals surface area (Å²) in [6, 6.07) is 3.41. The molecule has 0 radical (unpaired) electrons. The summed E-state index contributed by atoms with van der Waals surface area (Å²) in [7, 11) is 0. The fraction of sp³-hybridized carbons (Fsp3) is 0.476. The number of aromatic nitrogens is 1. The van der Waals surface area contributed by atoms with Crippen molar-refractivity contribution in [2.45, 2.75) is 33.2 Å². The lowest BCUT2D eigenvalue weighted by Gasteiger charge is -2.31. The van der Waals surface area contributed by atoms with Crippen LogP contribution in [0.4, 0.5) is 0 Å². The van der Waals surface area contributed by atoms with Gasteiger partial charge in [0, 0.05) is 31.9 Å². The van der Waals surface area contributed by atoms with E-state index < -0.39 is 0 Å². The standard InChI is InChI=1S/C21H24N2O6/c1-3-22-11-15(19(24)14-8-17-18(9-16(14)22)29-12-28-17)20(25)23-7-5-6-13(10-23)21(26)27-4-2/h8-9,11,13H,3-7,10,12H2,1-2H3/t13-/m1/s1. The summed E-state index contributed by atoms with van der Waals surface area (Å²) in [6.07, 6.45) is 2.98. The summed E-state index contributed by atoms with van der Waals surface area (Å²) in [4.78, 5) is 40.0. The third-order valence-electron chi connectivity index (χ3n) is 5.47. The van der Waals surface area contributed by atoms with Crippen molar-refractivity contribution in [3.05, 3.63) is 34.1 Å². The molecular weight excluding hydrogens is 376 g/mol. The van der Waals surface area contributed by atoms with Crippen molar-refractivity contribution in [1.29, 1.82) is 0 Å². The molecule has 1 aromatic heterocycles. The van der Waals surface area contributed by atoms with Gasteiger partial charge >= 0.3 is 5.97 Å². The van der Waals surface area contributed by atoms with Gasteiger partial charge in [-0.25, -0.2) is 0 Å². The first-order valence-electron chi connectivity index (χ1n) is 9.96. The fourth-order valence-corrected chi connectivity index (χ4v) is 3.98. The van der Waals surface area contributed by atoms with Gasteiger partial charge in [0.15, 0.2) is 11.5 Å². The summed E-state index contributed by atoms with van der Waals surface area (Å²) in [5.41, 5.74) is 0.454. The van der Waals surface area contributed by atoms with E-state index in [4.69, 9.17) is 14.2 Å². The molecular formula is C21H24N2O6. The van der Waals surface area contributed by atoms with Crippen LogP contribution in [-0.4, -0.2) is 47.8 Å². The van der Waals surface area contributed by atoms with E-state index in [1.807, 2.05) is 11.5 Å². The predicted molar refractivity (Wildman–Crippen MR) is 105 cm³/mol. The van der Waals surface area contributed by atoms with Crippen molar-refractivity contribution < 1.29 is 23.8 Å². The van der Waals surface area contributed by atoms with Gasteiger partial charge in [-0.2, -0.15) is 0 Å². The number of amides is 1. The number of fused-ring (bicyclic) bond motifs is 2. The van der Waals surface area contributed by atoms with Crippen LogP contribution >= 0.6 is 0 Å². The van der Waals surface area contributed by atoms with Crippen LogP contribution in [0, 0.1) is 5.92 Å². The minimum atomic E-state index is -0.356. The van der Waals surface area contributed by atoms with Gasteiger partial charge in [-0.3, -0.25) is 14.4 Å². The van der Waals surface area contributed by atoms with Crippen molar-refractivity contribution in [1.82, 2.24) is 9.47 Å². The molecule has 1 aromatic carbocycles. The number of hydrogen-bond donors (Lipinski definition) is 0. The highest BCUT2D eigenvalue weighted by Gasteiger charge is 2.31. The van der Waals surface area contributed by atoms with E-state index in [0.717, 1.165) is 0 Å². The van der Waals surface area contributed by atoms with Crippen molar-refractivity contribution in [2.75, 3.05) is 26.5 Å². The van der Waals surface area contributed by atoms with Gasteiger partial charge in [-0.15, -0.1) is 0 Å². The van der Waals surface area contributed by atoms with E-state index in [1.165, 1.54) is 0 Å². The van der Waals surface area contributed by atoms with Crippen LogP contribution in [0.2, 0.25) is 0 Å². The van der Waals surface area contributed by atoms with Crippen LogP contribution in [0.1, 0.15) is 37.0 Å². The number of hydrogen-bond acceptors (Lipinski definition) is 6. The maximum atomic E-state index is 13.2. The smallest absolute Gasteiger partial charge is 0.310 e. The number of piperidine rings is 1. The predicted octanol–water partition coefficient (Wildman–Crippen LogP) is 2.17. The number of nitrogens with zero attached hydrogens (tertiary/aromatic N) is 2. The minimum Gasteiger partial charge on any atom is -0.466 e. The van der Waals surface area contributed by atoms with Crippen molar-refractivity contribution >= 4 is 22.8 Å². The molecule has 1 saturated heterocycles. The van der Waals surface area contributed by atoms with E-state index in [0.29, 0.717) is 54.9 Å². The van der Waals surface area contributed by atoms with Crippen molar-refractivity contribution in [3.8, 4) is 11.5 Å². The highest BCUT2D eigenvalue weighted by Crippen LogP contribution is 2.35. The molecule has 2 aliphatic rings. The Morgan fingerprint density at radius 2 is 1.97 bits per heavy atom. The van der Waals surface area contributed by atoms with Gasteiger partial charge in [0.2, 0.25) is 12.2 Å². The maximum absolute atomic E-state index is 13.2. The summed E-state index contributed by atoms with van der Waals surface area (Å²) in [6.45, 7) is 5.49. The molecule has 154 valence electrons. The van der Waals surface area contributed by atoms with Gasteiger partial charge < -0.3 is 23.7 Å². The molecule has 29 heavy (non-hydrogen) atoms. The number of rotatable bonds is 4. The van der Waals surface area contributed by atoms with Crippen molar-refractivity contribution in [3.63, 3.8) is 0 Å². The number of ether oxygens (including phenoxy) is 3. The molecule has 8 nitrogen and oxygen atoms in total. The first-order chi connectivity index (χ1) is 14.0. The lowest BCUT2D eigenvalue weighted by atomic mass is 9.97. The molecule has 2 aliphatic heterocycles. The topological polar surface area (TPSA) is 87.1 Å². The number of benzene rings is 1. The van der Waals surface area contributed by atoms with Crippen molar-refractivity contribution in [2.24, 2.45) is 5.92 Å². The Kier molecular flexibility index (Phi) is 5.17. The molecule has 3 heterocycles. The van der Waals surface area contributed by atoms with Crippen LogP contribution in [0.5, 0.6) is 11.5 Å². The SMILES string of the molecule is CCOC(=O)[C@@H]1CCCN(C(=O)c2cn(CC)c3cc4c(cc3c2=O)OCO4)C1. The number of aryl methyl sites for hydroxylation is 1. The Morgan fingerprint density at radius 1 is 1.21 bits per heavy atom. The average molecular weight is 400 g/mol. The summed E-state index contributed by atoms with van der Waals surface area (Å²) < 4.78 is 17.8. The Balaban J connectivity index is 1.71. The first-order valence-corrected chi connectivity index (χ1v) is 9.96. The van der Waals surface area contributed by atoms with Gasteiger partial charge in [-0.05, 0) is 32.8 Å². The number of carbonyl (C=O) groups excluding carboxylic acids is 2. The van der Waals surface area contributed by atoms with Crippen LogP contribution in [0.3, 0.4) is 0 Å². The lowest BCUT2D eigenvalue weighted by Crippen LogP contribution is -2.44. The molecule has 1 atom stereocenters. The molecule has 1 fully saturated rings. The Labute approximate surface area is 167 Å². The number of pyridine rings is 1. The minimum absolute atomic E-state index is 0.0997. The Bertz CT molecular complexity index is 1030. The van der Waals surface area contributed by atoms with Crippen LogP contribution in [-0.2, 0) is 16.1 Å². The Hall–Kier alpha value is -3.03. The molecule has 2 aromatic rings. The van der Waals surface area contributed by atoms with E-state index in [-0.39, 0.29) is 42.1 Å². The van der Waals surface area contributed by atoms with Crippen LogP contribution in [0.15, 0.2) is 23.1 Å². The highest BCUT2D eigenvalue weighted by molar-refractivity contribution is 5.98. The van der Waals surface area contributed by atoms with E-state index in [1.54, 1.807) is 30.2 Å². The molecule has 0 saturated carbocycles. The van der Waals surface area contributed by atoms with E-state index in [9.17, 15) is 14.4 Å². The average Bonchev–Trinajstić information content (AvgIpc) is 3.20. The zero-order valence-corrected chi connectivity index (χ0v) is 16.6. The second-order valence-corrected chi connectivity index (χ2v) is 7.22. The molecule has 4 rings (SSSR count). The molecule has 0 unspecified atom stereocenters. The first kappa shape index (κ1) is 19.3. The summed E-state index contributed by atoms with van der Waals surface area (Å²) in [5.74, 6) is 0.0944.